The first kappa shape index (κ1) is 12.2. The fourth-order valence-corrected chi connectivity index (χ4v) is 1.68. The van der Waals surface area contributed by atoms with Crippen LogP contribution in [0.15, 0.2) is 12.1 Å². The van der Waals surface area contributed by atoms with Crippen molar-refractivity contribution < 1.29 is 14.6 Å². The normalized spacial score (nSPS) is 9.50. The topological polar surface area (TPSA) is 96.3 Å². The molecule has 0 aliphatic carbocycles. The molecule has 0 radical (unpaired) electrons. The predicted octanol–water partition coefficient (Wildman–Crippen LogP) is 1.69. The van der Waals surface area contributed by atoms with Gasteiger partial charge in [0.05, 0.1) is 7.11 Å². The van der Waals surface area contributed by atoms with Crippen molar-refractivity contribution in [3.05, 3.63) is 23.3 Å². The zero-order chi connectivity index (χ0) is 12.1. The van der Waals surface area contributed by atoms with Gasteiger partial charge in [-0.2, -0.15) is 5.26 Å². The number of nitrogens with two attached hydrogens (primary N) is 1. The number of nitriles is 1. The summed E-state index contributed by atoms with van der Waals surface area (Å²) in [5, 5.41) is 19.3. The summed E-state index contributed by atoms with van der Waals surface area (Å²) >= 11 is 1.00. The van der Waals surface area contributed by atoms with E-state index in [1.165, 1.54) is 19.2 Å². The number of nitrogen functional groups attached to an aromatic ring is 1. The van der Waals surface area contributed by atoms with E-state index in [9.17, 15) is 4.79 Å². The van der Waals surface area contributed by atoms with Crippen LogP contribution >= 0.6 is 11.8 Å². The lowest BCUT2D eigenvalue weighted by atomic mass is 10.1. The van der Waals surface area contributed by atoms with Gasteiger partial charge in [-0.15, -0.1) is 0 Å². The Kier molecular flexibility index (Phi) is 4.03. The molecule has 0 aromatic heterocycles. The van der Waals surface area contributed by atoms with Crippen molar-refractivity contribution in [2.45, 2.75) is 5.75 Å². The van der Waals surface area contributed by atoms with Crippen molar-refractivity contribution >= 4 is 23.4 Å². The van der Waals surface area contributed by atoms with E-state index in [0.29, 0.717) is 17.0 Å². The number of carbonyl (C=O) groups is 1. The van der Waals surface area contributed by atoms with Gasteiger partial charge >= 0.3 is 5.97 Å². The molecule has 84 valence electrons. The monoisotopic (exact) mass is 238 g/mol. The average molecular weight is 238 g/mol. The molecule has 1 aromatic rings. The molecule has 0 aliphatic heterocycles. The van der Waals surface area contributed by atoms with Crippen molar-refractivity contribution in [2.24, 2.45) is 0 Å². The van der Waals surface area contributed by atoms with Gasteiger partial charge in [0.2, 0.25) is 0 Å². The summed E-state index contributed by atoms with van der Waals surface area (Å²) in [6.45, 7) is 0. The van der Waals surface area contributed by atoms with Gasteiger partial charge in [-0.3, -0.25) is 0 Å². The fraction of sp³-hybridized carbons (Fsp3) is 0.200. The Morgan fingerprint density at radius 2 is 2.38 bits per heavy atom. The van der Waals surface area contributed by atoms with Gasteiger partial charge < -0.3 is 15.6 Å². The van der Waals surface area contributed by atoms with Crippen LogP contribution in [-0.4, -0.2) is 18.2 Å². The third-order valence-corrected chi connectivity index (χ3v) is 2.57. The van der Waals surface area contributed by atoms with E-state index in [-0.39, 0.29) is 11.3 Å². The summed E-state index contributed by atoms with van der Waals surface area (Å²) in [5.74, 6) is -0.511. The smallest absolute Gasteiger partial charge is 0.339 e. The molecule has 0 heterocycles. The van der Waals surface area contributed by atoms with E-state index >= 15 is 0 Å². The van der Waals surface area contributed by atoms with Crippen LogP contribution in [0.3, 0.4) is 0 Å². The van der Waals surface area contributed by atoms with Gasteiger partial charge in [0.15, 0.2) is 0 Å². The molecule has 0 amide bonds. The lowest BCUT2D eigenvalue weighted by molar-refractivity contribution is 0.0693. The second kappa shape index (κ2) is 5.28. The number of ether oxygens (including phenoxy) is 1. The molecule has 0 saturated carbocycles. The van der Waals surface area contributed by atoms with Gasteiger partial charge in [0.1, 0.15) is 16.7 Å². The van der Waals surface area contributed by atoms with E-state index in [0.717, 1.165) is 11.8 Å². The number of aromatic carboxylic acids is 1. The zero-order valence-electron chi connectivity index (χ0n) is 8.56. The van der Waals surface area contributed by atoms with Crippen molar-refractivity contribution in [1.82, 2.24) is 0 Å². The second-order valence-corrected chi connectivity index (χ2v) is 3.70. The van der Waals surface area contributed by atoms with E-state index in [2.05, 4.69) is 0 Å². The van der Waals surface area contributed by atoms with Gasteiger partial charge in [0.25, 0.3) is 0 Å². The first-order valence-electron chi connectivity index (χ1n) is 4.30. The van der Waals surface area contributed by atoms with Crippen LogP contribution in [0.1, 0.15) is 15.9 Å². The molecule has 5 nitrogen and oxygen atoms in total. The largest absolute Gasteiger partial charge is 0.496 e. The minimum absolute atomic E-state index is 0.0465. The number of nitrogens with zero attached hydrogens (tertiary/aromatic N) is 1. The van der Waals surface area contributed by atoms with Crippen LogP contribution in [0.25, 0.3) is 0 Å². The molecule has 0 aliphatic rings. The molecule has 0 fully saturated rings. The third-order valence-electron chi connectivity index (χ3n) is 1.98. The van der Waals surface area contributed by atoms with Crippen LogP contribution in [0.4, 0.5) is 5.69 Å². The maximum absolute atomic E-state index is 10.9. The predicted molar refractivity (Wildman–Crippen MR) is 61.3 cm³/mol. The molecule has 0 saturated heterocycles. The van der Waals surface area contributed by atoms with Crippen molar-refractivity contribution in [2.75, 3.05) is 12.8 Å². The Balaban J connectivity index is 3.17. The summed E-state index contributed by atoms with van der Waals surface area (Å²) in [6.07, 6.45) is 0. The number of thiocyanates is 1. The first-order chi connectivity index (χ1) is 7.60. The number of carboxylic acid groups (broad SMARTS) is 1. The number of anilines is 1. The standard InChI is InChI=1S/C10H10N2O3S/c1-15-9-3-8(12)6(4-16-5-11)2-7(9)10(13)14/h2-3H,4,12H2,1H3,(H,13,14). The quantitative estimate of drug-likeness (QED) is 0.612. The van der Waals surface area contributed by atoms with Crippen LogP contribution in [-0.2, 0) is 5.75 Å². The summed E-state index contributed by atoms with van der Waals surface area (Å²) in [5.41, 5.74) is 6.79. The molecular weight excluding hydrogens is 228 g/mol. The summed E-state index contributed by atoms with van der Waals surface area (Å²) < 4.78 is 4.91. The van der Waals surface area contributed by atoms with Crippen molar-refractivity contribution in [1.29, 1.82) is 5.26 Å². The molecule has 0 unspecified atom stereocenters. The van der Waals surface area contributed by atoms with Gasteiger partial charge in [-0.05, 0) is 23.4 Å². The zero-order valence-corrected chi connectivity index (χ0v) is 9.37. The molecule has 1 aromatic carbocycles. The highest BCUT2D eigenvalue weighted by Crippen LogP contribution is 2.27. The second-order valence-electron chi connectivity index (χ2n) is 2.94. The average Bonchev–Trinajstić information content (AvgIpc) is 2.26. The number of benzene rings is 1. The van der Waals surface area contributed by atoms with Crippen molar-refractivity contribution in [3.8, 4) is 11.2 Å². The third kappa shape index (κ3) is 2.58. The van der Waals surface area contributed by atoms with Gasteiger partial charge in [0, 0.05) is 17.5 Å². The summed E-state index contributed by atoms with van der Waals surface area (Å²) in [7, 11) is 1.38. The molecule has 6 heteroatoms. The molecule has 16 heavy (non-hydrogen) atoms. The van der Waals surface area contributed by atoms with E-state index < -0.39 is 5.97 Å². The Morgan fingerprint density at radius 3 is 2.88 bits per heavy atom. The molecule has 3 N–H and O–H groups in total. The minimum Gasteiger partial charge on any atom is -0.496 e. The van der Waals surface area contributed by atoms with E-state index in [1.54, 1.807) is 0 Å². The van der Waals surface area contributed by atoms with E-state index in [1.807, 2.05) is 5.40 Å². The number of hydrogen-bond donors (Lipinski definition) is 2. The number of rotatable bonds is 4. The van der Waals surface area contributed by atoms with Crippen LogP contribution in [0.5, 0.6) is 5.75 Å². The highest BCUT2D eigenvalue weighted by molar-refractivity contribution is 8.02. The Morgan fingerprint density at radius 1 is 1.69 bits per heavy atom. The number of thioether (sulfide) groups is 1. The SMILES string of the molecule is COc1cc(N)c(CSC#N)cc1C(=O)O. The summed E-state index contributed by atoms with van der Waals surface area (Å²) in [6, 6.07) is 2.89. The number of methoxy groups -OCH3 is 1. The fourth-order valence-electron chi connectivity index (χ4n) is 1.21. The van der Waals surface area contributed by atoms with E-state index in [4.69, 9.17) is 20.8 Å². The molecule has 0 atom stereocenters. The van der Waals surface area contributed by atoms with Crippen molar-refractivity contribution in [3.63, 3.8) is 0 Å². The Bertz CT molecular complexity index is 454. The lowest BCUT2D eigenvalue weighted by Crippen LogP contribution is -2.04. The Labute approximate surface area is 96.8 Å². The molecule has 1 rings (SSSR count). The van der Waals surface area contributed by atoms with Gasteiger partial charge in [-0.1, -0.05) is 0 Å². The molecular formula is C10H10N2O3S. The molecule has 0 spiro atoms. The first-order valence-corrected chi connectivity index (χ1v) is 5.29. The summed E-state index contributed by atoms with van der Waals surface area (Å²) in [4.78, 5) is 10.9. The van der Waals surface area contributed by atoms with Gasteiger partial charge in [-0.25, -0.2) is 4.79 Å². The minimum atomic E-state index is -1.08. The highest BCUT2D eigenvalue weighted by Gasteiger charge is 2.14. The number of carboxylic acids is 1. The highest BCUT2D eigenvalue weighted by atomic mass is 32.2. The van der Waals surface area contributed by atoms with Crippen LogP contribution in [0, 0.1) is 10.7 Å². The maximum atomic E-state index is 10.9. The Hall–Kier alpha value is -1.87. The maximum Gasteiger partial charge on any atom is 0.339 e. The van der Waals surface area contributed by atoms with Crippen LogP contribution in [0.2, 0.25) is 0 Å². The number of hydrogen-bond acceptors (Lipinski definition) is 5. The molecule has 0 bridgehead atoms. The lowest BCUT2D eigenvalue weighted by Gasteiger charge is -2.09. The van der Waals surface area contributed by atoms with Crippen LogP contribution < -0.4 is 10.5 Å².